The lowest BCUT2D eigenvalue weighted by molar-refractivity contribution is 0.188. The van der Waals surface area contributed by atoms with E-state index in [1.54, 1.807) is 24.3 Å². The molecule has 0 spiro atoms. The van der Waals surface area contributed by atoms with Crippen molar-refractivity contribution < 1.29 is 18.1 Å². The highest BCUT2D eigenvalue weighted by Crippen LogP contribution is 2.48. The summed E-state index contributed by atoms with van der Waals surface area (Å²) in [5.74, 6) is 0.656. The van der Waals surface area contributed by atoms with Crippen LogP contribution in [-0.4, -0.2) is 19.6 Å². The van der Waals surface area contributed by atoms with Crippen LogP contribution in [0.2, 0.25) is 0 Å². The molecule has 0 aliphatic rings. The van der Waals surface area contributed by atoms with Gasteiger partial charge < -0.3 is 4.52 Å². The van der Waals surface area contributed by atoms with Gasteiger partial charge in [-0.25, -0.2) is 4.57 Å². The second kappa shape index (κ2) is 6.13. The summed E-state index contributed by atoms with van der Waals surface area (Å²) < 4.78 is 26.5. The molecule has 0 aliphatic carbocycles. The lowest BCUT2D eigenvalue weighted by Crippen LogP contribution is -2.02. The van der Waals surface area contributed by atoms with Crippen LogP contribution in [0.5, 0.6) is 5.75 Å². The van der Waals surface area contributed by atoms with Crippen molar-refractivity contribution in [2.75, 3.05) is 19.6 Å². The Morgan fingerprint density at radius 3 is 2.53 bits per heavy atom. The standard InChI is InChI=1S/C9H12ClO4P/c1-12-15(11,13-8-7-10)14-9-5-3-2-4-6-9/h2-6H,7-8H2,1H3. The van der Waals surface area contributed by atoms with Gasteiger partial charge in [-0.15, -0.1) is 11.6 Å². The van der Waals surface area contributed by atoms with Gasteiger partial charge in [0.2, 0.25) is 0 Å². The summed E-state index contributed by atoms with van der Waals surface area (Å²) in [6, 6.07) is 8.67. The maximum absolute atomic E-state index is 11.8. The molecule has 0 heterocycles. The van der Waals surface area contributed by atoms with Crippen LogP contribution in [0.25, 0.3) is 0 Å². The van der Waals surface area contributed by atoms with E-state index in [2.05, 4.69) is 0 Å². The lowest BCUT2D eigenvalue weighted by Gasteiger charge is -2.15. The highest BCUT2D eigenvalue weighted by atomic mass is 35.5. The summed E-state index contributed by atoms with van der Waals surface area (Å²) in [7, 11) is -2.26. The highest BCUT2D eigenvalue weighted by Gasteiger charge is 2.26. The van der Waals surface area contributed by atoms with Gasteiger partial charge in [-0.3, -0.25) is 9.05 Å². The van der Waals surface area contributed by atoms with Crippen LogP contribution >= 0.6 is 19.4 Å². The zero-order chi connectivity index (χ0) is 11.1. The third kappa shape index (κ3) is 4.22. The van der Waals surface area contributed by atoms with Crippen LogP contribution in [0.4, 0.5) is 0 Å². The molecule has 1 aromatic rings. The van der Waals surface area contributed by atoms with Crippen molar-refractivity contribution in [3.8, 4) is 5.75 Å². The summed E-state index contributed by atoms with van der Waals surface area (Å²) >= 11 is 5.41. The van der Waals surface area contributed by atoms with Gasteiger partial charge in [0, 0.05) is 13.0 Å². The third-order valence-corrected chi connectivity index (χ3v) is 3.05. The van der Waals surface area contributed by atoms with E-state index >= 15 is 0 Å². The molecule has 6 heteroatoms. The molecule has 1 unspecified atom stereocenters. The van der Waals surface area contributed by atoms with E-state index in [0.29, 0.717) is 5.75 Å². The van der Waals surface area contributed by atoms with E-state index in [9.17, 15) is 4.57 Å². The van der Waals surface area contributed by atoms with Gasteiger partial charge in [0.15, 0.2) is 0 Å². The minimum absolute atomic E-state index is 0.111. The lowest BCUT2D eigenvalue weighted by atomic mass is 10.3. The topological polar surface area (TPSA) is 44.8 Å². The number of phosphoric ester groups is 1. The van der Waals surface area contributed by atoms with Crippen LogP contribution in [-0.2, 0) is 13.6 Å². The van der Waals surface area contributed by atoms with Crippen LogP contribution in [0.1, 0.15) is 0 Å². The number of halogens is 1. The molecule has 1 rings (SSSR count). The van der Waals surface area contributed by atoms with Crippen molar-refractivity contribution in [1.82, 2.24) is 0 Å². The molecule has 84 valence electrons. The third-order valence-electron chi connectivity index (χ3n) is 1.51. The van der Waals surface area contributed by atoms with Crippen LogP contribution in [0.3, 0.4) is 0 Å². The molecule has 0 amide bonds. The van der Waals surface area contributed by atoms with E-state index in [4.69, 9.17) is 25.2 Å². The summed E-state index contributed by atoms with van der Waals surface area (Å²) in [6.45, 7) is 0.111. The molecule has 1 atom stereocenters. The Bertz CT molecular complexity index is 330. The van der Waals surface area contributed by atoms with E-state index in [1.807, 2.05) is 6.07 Å². The van der Waals surface area contributed by atoms with Crippen molar-refractivity contribution in [1.29, 1.82) is 0 Å². The minimum Gasteiger partial charge on any atom is -0.404 e. The smallest absolute Gasteiger partial charge is 0.404 e. The monoisotopic (exact) mass is 250 g/mol. The molecule has 15 heavy (non-hydrogen) atoms. The molecule has 0 bridgehead atoms. The summed E-state index contributed by atoms with van der Waals surface area (Å²) in [6.07, 6.45) is 0. The SMILES string of the molecule is COP(=O)(OCCCl)Oc1ccccc1. The van der Waals surface area contributed by atoms with E-state index in [0.717, 1.165) is 0 Å². The first-order valence-corrected chi connectivity index (χ1v) is 6.30. The molecular weight excluding hydrogens is 239 g/mol. The first-order valence-electron chi connectivity index (χ1n) is 4.31. The van der Waals surface area contributed by atoms with E-state index in [-0.39, 0.29) is 12.5 Å². The van der Waals surface area contributed by atoms with Gasteiger partial charge in [-0.2, -0.15) is 0 Å². The number of alkyl halides is 1. The minimum atomic E-state index is -3.52. The fraction of sp³-hybridized carbons (Fsp3) is 0.333. The largest absolute Gasteiger partial charge is 0.529 e. The van der Waals surface area contributed by atoms with Crippen LogP contribution in [0.15, 0.2) is 30.3 Å². The zero-order valence-electron chi connectivity index (χ0n) is 8.26. The summed E-state index contributed by atoms with van der Waals surface area (Å²) in [5.41, 5.74) is 0. The van der Waals surface area contributed by atoms with Gasteiger partial charge in [0.1, 0.15) is 5.75 Å². The van der Waals surface area contributed by atoms with Gasteiger partial charge in [-0.05, 0) is 12.1 Å². The predicted molar refractivity (Wildman–Crippen MR) is 58.4 cm³/mol. The fourth-order valence-corrected chi connectivity index (χ4v) is 1.99. The number of rotatable bonds is 6. The molecule has 0 saturated carbocycles. The van der Waals surface area contributed by atoms with Gasteiger partial charge >= 0.3 is 7.82 Å². The van der Waals surface area contributed by atoms with Crippen molar-refractivity contribution in [2.45, 2.75) is 0 Å². The van der Waals surface area contributed by atoms with Gasteiger partial charge in [0.05, 0.1) is 6.61 Å². The van der Waals surface area contributed by atoms with E-state index < -0.39 is 7.82 Å². The Hall–Kier alpha value is -0.540. The molecule has 0 saturated heterocycles. The highest BCUT2D eigenvalue weighted by molar-refractivity contribution is 7.48. The number of para-hydroxylation sites is 1. The number of benzene rings is 1. The zero-order valence-corrected chi connectivity index (χ0v) is 9.91. The predicted octanol–water partition coefficient (Wildman–Crippen LogP) is 3.08. The summed E-state index contributed by atoms with van der Waals surface area (Å²) in [4.78, 5) is 0. The normalized spacial score (nSPS) is 14.5. The van der Waals surface area contributed by atoms with Gasteiger partial charge in [-0.1, -0.05) is 18.2 Å². The molecular formula is C9H12ClO4P. The van der Waals surface area contributed by atoms with Crippen molar-refractivity contribution >= 4 is 19.4 Å². The number of hydrogen-bond acceptors (Lipinski definition) is 4. The first-order chi connectivity index (χ1) is 7.20. The Balaban J connectivity index is 2.64. The Labute approximate surface area is 93.7 Å². The maximum Gasteiger partial charge on any atom is 0.529 e. The molecule has 1 aromatic carbocycles. The molecule has 0 N–H and O–H groups in total. The number of phosphoric acid groups is 1. The Morgan fingerprint density at radius 2 is 2.00 bits per heavy atom. The maximum atomic E-state index is 11.8. The molecule has 0 aromatic heterocycles. The summed E-state index contributed by atoms with van der Waals surface area (Å²) in [5, 5.41) is 0. The molecule has 0 aliphatic heterocycles. The Morgan fingerprint density at radius 1 is 1.33 bits per heavy atom. The van der Waals surface area contributed by atoms with Gasteiger partial charge in [0.25, 0.3) is 0 Å². The van der Waals surface area contributed by atoms with E-state index in [1.165, 1.54) is 7.11 Å². The number of hydrogen-bond donors (Lipinski definition) is 0. The van der Waals surface area contributed by atoms with Crippen molar-refractivity contribution in [2.24, 2.45) is 0 Å². The average molecular weight is 251 g/mol. The van der Waals surface area contributed by atoms with Crippen LogP contribution in [0, 0.1) is 0 Å². The molecule has 4 nitrogen and oxygen atoms in total. The van der Waals surface area contributed by atoms with Crippen LogP contribution < -0.4 is 4.52 Å². The quantitative estimate of drug-likeness (QED) is 0.575. The second-order valence-electron chi connectivity index (χ2n) is 2.56. The van der Waals surface area contributed by atoms with Crippen molar-refractivity contribution in [3.63, 3.8) is 0 Å². The average Bonchev–Trinajstić information content (AvgIpc) is 2.28. The first kappa shape index (κ1) is 12.5. The molecule has 0 fully saturated rings. The Kier molecular flexibility index (Phi) is 5.12. The van der Waals surface area contributed by atoms with Crippen molar-refractivity contribution in [3.05, 3.63) is 30.3 Å². The second-order valence-corrected chi connectivity index (χ2v) is 4.63. The molecule has 0 radical (unpaired) electrons. The fourth-order valence-electron chi connectivity index (χ4n) is 0.873.